The minimum Gasteiger partial charge on any atom is -0.366 e. The molecule has 1 fully saturated rings. The number of fused-ring (bicyclic) bond motifs is 1. The summed E-state index contributed by atoms with van der Waals surface area (Å²) in [7, 11) is 0. The van der Waals surface area contributed by atoms with Crippen molar-refractivity contribution in [1.29, 1.82) is 0 Å². The molecule has 0 spiro atoms. The van der Waals surface area contributed by atoms with E-state index in [1.807, 2.05) is 0 Å². The third kappa shape index (κ3) is 3.37. The van der Waals surface area contributed by atoms with E-state index < -0.39 is 0 Å². The van der Waals surface area contributed by atoms with Gasteiger partial charge in [-0.1, -0.05) is 25.1 Å². The first-order valence-corrected chi connectivity index (χ1v) is 8.58. The highest BCUT2D eigenvalue weighted by molar-refractivity contribution is 5.80. The van der Waals surface area contributed by atoms with Crippen LogP contribution in [0.4, 0.5) is 5.69 Å². The average molecular weight is 300 g/mol. The number of benzene rings is 1. The number of para-hydroxylation sites is 1. The van der Waals surface area contributed by atoms with Crippen LogP contribution in [0.5, 0.6) is 0 Å². The molecule has 3 atom stereocenters. The van der Waals surface area contributed by atoms with Crippen molar-refractivity contribution in [3.63, 3.8) is 0 Å². The third-order valence-electron chi connectivity index (χ3n) is 4.74. The third-order valence-corrected chi connectivity index (χ3v) is 4.74. The SMILES string of the molecule is CCNC(=NCC(C)N1CCc2ccccc21)NC1CC1C. The Morgan fingerprint density at radius 3 is 2.91 bits per heavy atom. The van der Waals surface area contributed by atoms with E-state index >= 15 is 0 Å². The highest BCUT2D eigenvalue weighted by Crippen LogP contribution is 2.30. The Balaban J connectivity index is 1.60. The van der Waals surface area contributed by atoms with Gasteiger partial charge in [0.25, 0.3) is 0 Å². The predicted molar refractivity (Wildman–Crippen MR) is 93.6 cm³/mol. The van der Waals surface area contributed by atoms with Crippen LogP contribution < -0.4 is 15.5 Å². The minimum atomic E-state index is 0.427. The lowest BCUT2D eigenvalue weighted by Crippen LogP contribution is -2.41. The molecule has 0 radical (unpaired) electrons. The van der Waals surface area contributed by atoms with Crippen LogP contribution >= 0.6 is 0 Å². The van der Waals surface area contributed by atoms with Gasteiger partial charge in [-0.25, -0.2) is 0 Å². The Kier molecular flexibility index (Phi) is 4.55. The summed E-state index contributed by atoms with van der Waals surface area (Å²) in [6.07, 6.45) is 2.42. The van der Waals surface area contributed by atoms with Crippen molar-refractivity contribution in [2.45, 2.75) is 45.7 Å². The van der Waals surface area contributed by atoms with E-state index in [1.165, 1.54) is 17.7 Å². The second-order valence-corrected chi connectivity index (χ2v) is 6.60. The summed E-state index contributed by atoms with van der Waals surface area (Å²) in [5.74, 6) is 1.75. The number of aliphatic imine (C=N–C) groups is 1. The highest BCUT2D eigenvalue weighted by atomic mass is 15.2. The topological polar surface area (TPSA) is 39.7 Å². The molecule has 4 heteroatoms. The fourth-order valence-electron chi connectivity index (χ4n) is 3.16. The van der Waals surface area contributed by atoms with E-state index in [4.69, 9.17) is 4.99 Å². The summed E-state index contributed by atoms with van der Waals surface area (Å²) < 4.78 is 0. The number of hydrogen-bond donors (Lipinski definition) is 2. The first-order valence-electron chi connectivity index (χ1n) is 8.58. The fraction of sp³-hybridized carbons (Fsp3) is 0.611. The van der Waals surface area contributed by atoms with Gasteiger partial charge in [0.05, 0.1) is 6.54 Å². The van der Waals surface area contributed by atoms with Gasteiger partial charge in [0.1, 0.15) is 0 Å². The quantitative estimate of drug-likeness (QED) is 0.648. The smallest absolute Gasteiger partial charge is 0.191 e. The molecule has 1 aromatic carbocycles. The zero-order valence-electron chi connectivity index (χ0n) is 14.0. The molecule has 22 heavy (non-hydrogen) atoms. The Morgan fingerprint density at radius 2 is 2.18 bits per heavy atom. The maximum absolute atomic E-state index is 4.80. The number of guanidine groups is 1. The Bertz CT molecular complexity index is 540. The minimum absolute atomic E-state index is 0.427. The molecule has 3 unspecified atom stereocenters. The molecule has 2 N–H and O–H groups in total. The molecule has 4 nitrogen and oxygen atoms in total. The monoisotopic (exact) mass is 300 g/mol. The lowest BCUT2D eigenvalue weighted by atomic mass is 10.2. The first-order chi connectivity index (χ1) is 10.7. The van der Waals surface area contributed by atoms with Crippen molar-refractivity contribution in [3.05, 3.63) is 29.8 Å². The number of nitrogens with zero attached hydrogens (tertiary/aromatic N) is 2. The highest BCUT2D eigenvalue weighted by Gasteiger charge is 2.33. The van der Waals surface area contributed by atoms with E-state index in [-0.39, 0.29) is 0 Å². The van der Waals surface area contributed by atoms with Crippen LogP contribution in [-0.2, 0) is 6.42 Å². The van der Waals surface area contributed by atoms with Crippen LogP contribution in [0.1, 0.15) is 32.8 Å². The zero-order chi connectivity index (χ0) is 15.5. The van der Waals surface area contributed by atoms with Crippen molar-refractivity contribution in [3.8, 4) is 0 Å². The standard InChI is InChI=1S/C18H28N4/c1-4-19-18(21-16-11-13(16)2)20-12-14(3)22-10-9-15-7-5-6-8-17(15)22/h5-8,13-14,16H,4,9-12H2,1-3H3,(H2,19,20,21). The van der Waals surface area contributed by atoms with Crippen molar-refractivity contribution < 1.29 is 0 Å². The van der Waals surface area contributed by atoms with E-state index in [1.54, 1.807) is 0 Å². The Labute approximate surface area is 134 Å². The summed E-state index contributed by atoms with van der Waals surface area (Å²) >= 11 is 0. The lowest BCUT2D eigenvalue weighted by Gasteiger charge is -2.26. The molecule has 2 aliphatic rings. The molecule has 1 aliphatic heterocycles. The van der Waals surface area contributed by atoms with Crippen molar-refractivity contribution in [2.24, 2.45) is 10.9 Å². The molecular weight excluding hydrogens is 272 g/mol. The van der Waals surface area contributed by atoms with Gasteiger partial charge in [0, 0.05) is 30.9 Å². The van der Waals surface area contributed by atoms with Gasteiger partial charge in [-0.3, -0.25) is 4.99 Å². The summed E-state index contributed by atoms with van der Waals surface area (Å²) in [5, 5.41) is 6.89. The second kappa shape index (κ2) is 6.59. The van der Waals surface area contributed by atoms with Gasteiger partial charge in [0.2, 0.25) is 0 Å². The van der Waals surface area contributed by atoms with Crippen molar-refractivity contribution in [2.75, 3.05) is 24.5 Å². The molecule has 1 saturated carbocycles. The van der Waals surface area contributed by atoms with Crippen molar-refractivity contribution >= 4 is 11.6 Å². The molecule has 1 aromatic rings. The summed E-state index contributed by atoms with van der Waals surface area (Å²) in [5.41, 5.74) is 2.86. The van der Waals surface area contributed by atoms with Gasteiger partial charge >= 0.3 is 0 Å². The van der Waals surface area contributed by atoms with Crippen LogP contribution in [0, 0.1) is 5.92 Å². The second-order valence-electron chi connectivity index (χ2n) is 6.60. The van der Waals surface area contributed by atoms with Crippen LogP contribution in [0.3, 0.4) is 0 Å². The van der Waals surface area contributed by atoms with Crippen LogP contribution in [0.25, 0.3) is 0 Å². The maximum atomic E-state index is 4.80. The summed E-state index contributed by atoms with van der Waals surface area (Å²) in [6.45, 7) is 9.52. The van der Waals surface area contributed by atoms with Gasteiger partial charge in [0.15, 0.2) is 5.96 Å². The zero-order valence-corrected chi connectivity index (χ0v) is 14.0. The van der Waals surface area contributed by atoms with Gasteiger partial charge in [-0.2, -0.15) is 0 Å². The molecule has 1 heterocycles. The molecule has 0 saturated heterocycles. The number of hydrogen-bond acceptors (Lipinski definition) is 2. The molecule has 0 amide bonds. The number of nitrogens with one attached hydrogen (secondary N) is 2. The van der Waals surface area contributed by atoms with Gasteiger partial charge in [-0.05, 0) is 44.2 Å². The van der Waals surface area contributed by atoms with E-state index in [0.717, 1.165) is 37.9 Å². The average Bonchev–Trinajstić information content (AvgIpc) is 3.04. The molecule has 120 valence electrons. The van der Waals surface area contributed by atoms with Crippen LogP contribution in [-0.4, -0.2) is 37.7 Å². The summed E-state index contributed by atoms with van der Waals surface area (Å²) in [6, 6.07) is 9.78. The molecule has 0 bridgehead atoms. The maximum Gasteiger partial charge on any atom is 0.191 e. The number of rotatable bonds is 5. The molecular formula is C18H28N4. The fourth-order valence-corrected chi connectivity index (χ4v) is 3.16. The van der Waals surface area contributed by atoms with E-state index in [0.29, 0.717) is 12.1 Å². The van der Waals surface area contributed by atoms with Gasteiger partial charge in [-0.15, -0.1) is 0 Å². The van der Waals surface area contributed by atoms with Crippen molar-refractivity contribution in [1.82, 2.24) is 10.6 Å². The predicted octanol–water partition coefficient (Wildman–Crippen LogP) is 2.40. The Morgan fingerprint density at radius 1 is 1.41 bits per heavy atom. The van der Waals surface area contributed by atoms with Gasteiger partial charge < -0.3 is 15.5 Å². The van der Waals surface area contributed by atoms with E-state index in [9.17, 15) is 0 Å². The number of anilines is 1. The van der Waals surface area contributed by atoms with Crippen LogP contribution in [0.2, 0.25) is 0 Å². The molecule has 3 rings (SSSR count). The molecule has 0 aromatic heterocycles. The Hall–Kier alpha value is -1.71. The normalized spacial score (nSPS) is 24.9. The van der Waals surface area contributed by atoms with Crippen LogP contribution in [0.15, 0.2) is 29.3 Å². The lowest BCUT2D eigenvalue weighted by molar-refractivity contribution is 0.656. The summed E-state index contributed by atoms with van der Waals surface area (Å²) in [4.78, 5) is 7.29. The van der Waals surface area contributed by atoms with E-state index in [2.05, 4.69) is 60.6 Å². The first kappa shape index (κ1) is 15.2. The largest absolute Gasteiger partial charge is 0.366 e. The molecule has 1 aliphatic carbocycles.